The normalized spacial score (nSPS) is 13.8. The van der Waals surface area contributed by atoms with E-state index in [-0.39, 0.29) is 6.79 Å². The van der Waals surface area contributed by atoms with Crippen LogP contribution in [-0.4, -0.2) is 22.9 Å². The van der Waals surface area contributed by atoms with Crippen molar-refractivity contribution in [3.8, 4) is 11.5 Å². The van der Waals surface area contributed by atoms with Crippen molar-refractivity contribution in [3.63, 3.8) is 0 Å². The third-order valence-corrected chi connectivity index (χ3v) is 3.36. The SMILES string of the molecule is CC(C)(C(=O)O)c1ccc2cc3c(cc2n1)OCO3. The second kappa shape index (κ2) is 3.85. The molecule has 3 rings (SSSR count). The van der Waals surface area contributed by atoms with Gasteiger partial charge >= 0.3 is 5.97 Å². The summed E-state index contributed by atoms with van der Waals surface area (Å²) >= 11 is 0. The van der Waals surface area contributed by atoms with Crippen molar-refractivity contribution >= 4 is 16.9 Å². The molecule has 1 aromatic heterocycles. The van der Waals surface area contributed by atoms with Crippen LogP contribution in [0.2, 0.25) is 0 Å². The summed E-state index contributed by atoms with van der Waals surface area (Å²) in [5, 5.41) is 10.1. The van der Waals surface area contributed by atoms with E-state index in [1.54, 1.807) is 26.0 Å². The zero-order valence-corrected chi connectivity index (χ0v) is 10.6. The van der Waals surface area contributed by atoms with Gasteiger partial charge in [-0.2, -0.15) is 0 Å². The number of pyridine rings is 1. The number of fused-ring (bicyclic) bond motifs is 2. The maximum absolute atomic E-state index is 11.3. The Kier molecular flexibility index (Phi) is 2.38. The van der Waals surface area contributed by atoms with Crippen LogP contribution in [0.15, 0.2) is 24.3 Å². The lowest BCUT2D eigenvalue weighted by Crippen LogP contribution is -2.29. The number of aliphatic carboxylic acids is 1. The van der Waals surface area contributed by atoms with Crippen LogP contribution in [0.5, 0.6) is 11.5 Å². The molecule has 1 aromatic carbocycles. The van der Waals surface area contributed by atoms with Gasteiger partial charge in [-0.3, -0.25) is 9.78 Å². The molecule has 98 valence electrons. The quantitative estimate of drug-likeness (QED) is 0.896. The highest BCUT2D eigenvalue weighted by molar-refractivity contribution is 5.85. The molecule has 0 aliphatic carbocycles. The summed E-state index contributed by atoms with van der Waals surface area (Å²) in [6.45, 7) is 3.48. The number of rotatable bonds is 2. The molecule has 0 radical (unpaired) electrons. The molecule has 0 amide bonds. The largest absolute Gasteiger partial charge is 0.481 e. The highest BCUT2D eigenvalue weighted by Gasteiger charge is 2.31. The zero-order valence-electron chi connectivity index (χ0n) is 10.6. The Labute approximate surface area is 109 Å². The number of nitrogens with zero attached hydrogens (tertiary/aromatic N) is 1. The summed E-state index contributed by atoms with van der Waals surface area (Å²) in [7, 11) is 0. The fourth-order valence-electron chi connectivity index (χ4n) is 1.97. The lowest BCUT2D eigenvalue weighted by molar-refractivity contribution is -0.142. The van der Waals surface area contributed by atoms with Crippen molar-refractivity contribution < 1.29 is 19.4 Å². The molecule has 2 heterocycles. The van der Waals surface area contributed by atoms with Crippen molar-refractivity contribution in [2.75, 3.05) is 6.79 Å². The molecule has 0 saturated carbocycles. The molecule has 5 heteroatoms. The van der Waals surface area contributed by atoms with E-state index in [2.05, 4.69) is 4.98 Å². The molecule has 1 aliphatic heterocycles. The van der Waals surface area contributed by atoms with E-state index in [1.165, 1.54) is 0 Å². The van der Waals surface area contributed by atoms with Crippen LogP contribution in [0.1, 0.15) is 19.5 Å². The van der Waals surface area contributed by atoms with Crippen molar-refractivity contribution in [2.24, 2.45) is 0 Å². The molecule has 0 fully saturated rings. The second-order valence-corrected chi connectivity index (χ2v) is 5.02. The molecule has 0 spiro atoms. The van der Waals surface area contributed by atoms with Crippen molar-refractivity contribution in [2.45, 2.75) is 19.3 Å². The molecule has 1 aliphatic rings. The van der Waals surface area contributed by atoms with E-state index >= 15 is 0 Å². The van der Waals surface area contributed by atoms with Crippen LogP contribution in [0.3, 0.4) is 0 Å². The Morgan fingerprint density at radius 1 is 1.26 bits per heavy atom. The van der Waals surface area contributed by atoms with Gasteiger partial charge in [0, 0.05) is 11.5 Å². The fraction of sp³-hybridized carbons (Fsp3) is 0.286. The Morgan fingerprint density at radius 2 is 1.95 bits per heavy atom. The highest BCUT2D eigenvalue weighted by atomic mass is 16.7. The molecule has 0 unspecified atom stereocenters. The standard InChI is InChI=1S/C14H13NO4/c1-14(2,13(16)17)12-4-3-8-5-10-11(19-7-18-10)6-9(8)15-12/h3-6H,7H2,1-2H3,(H,16,17). The first-order chi connectivity index (χ1) is 8.98. The molecule has 0 atom stereocenters. The number of hydrogen-bond acceptors (Lipinski definition) is 4. The van der Waals surface area contributed by atoms with Gasteiger partial charge in [0.05, 0.1) is 11.2 Å². The van der Waals surface area contributed by atoms with Gasteiger partial charge in [-0.15, -0.1) is 0 Å². The van der Waals surface area contributed by atoms with Crippen molar-refractivity contribution in [3.05, 3.63) is 30.0 Å². The fourth-order valence-corrected chi connectivity index (χ4v) is 1.97. The van der Waals surface area contributed by atoms with Crippen LogP contribution < -0.4 is 9.47 Å². The van der Waals surface area contributed by atoms with Crippen LogP contribution >= 0.6 is 0 Å². The van der Waals surface area contributed by atoms with E-state index in [0.29, 0.717) is 22.7 Å². The van der Waals surface area contributed by atoms with E-state index in [0.717, 1.165) is 5.39 Å². The van der Waals surface area contributed by atoms with Gasteiger partial charge in [0.25, 0.3) is 0 Å². The smallest absolute Gasteiger partial charge is 0.315 e. The van der Waals surface area contributed by atoms with E-state index in [4.69, 9.17) is 9.47 Å². The van der Waals surface area contributed by atoms with Gasteiger partial charge in [0.15, 0.2) is 11.5 Å². The van der Waals surface area contributed by atoms with Crippen LogP contribution in [0.25, 0.3) is 10.9 Å². The van der Waals surface area contributed by atoms with Gasteiger partial charge in [-0.1, -0.05) is 6.07 Å². The molecule has 1 N–H and O–H groups in total. The number of carboxylic acid groups (broad SMARTS) is 1. The predicted molar refractivity (Wildman–Crippen MR) is 68.5 cm³/mol. The molecule has 5 nitrogen and oxygen atoms in total. The zero-order chi connectivity index (χ0) is 13.6. The summed E-state index contributed by atoms with van der Waals surface area (Å²) in [5.74, 6) is 0.435. The number of carbonyl (C=O) groups is 1. The lowest BCUT2D eigenvalue weighted by Gasteiger charge is -2.18. The number of carboxylic acids is 1. The Bertz CT molecular complexity index is 678. The van der Waals surface area contributed by atoms with E-state index in [1.807, 2.05) is 12.1 Å². The maximum atomic E-state index is 11.3. The average molecular weight is 259 g/mol. The van der Waals surface area contributed by atoms with Crippen molar-refractivity contribution in [1.29, 1.82) is 0 Å². The molecule has 2 aromatic rings. The molecule has 19 heavy (non-hydrogen) atoms. The molecule has 0 bridgehead atoms. The lowest BCUT2D eigenvalue weighted by atomic mass is 9.88. The molecule has 0 saturated heterocycles. The van der Waals surface area contributed by atoms with Crippen LogP contribution in [0.4, 0.5) is 0 Å². The number of hydrogen-bond donors (Lipinski definition) is 1. The highest BCUT2D eigenvalue weighted by Crippen LogP contribution is 2.36. The Morgan fingerprint density at radius 3 is 2.63 bits per heavy atom. The monoisotopic (exact) mass is 259 g/mol. The predicted octanol–water partition coefficient (Wildman–Crippen LogP) is 2.33. The van der Waals surface area contributed by atoms with Gasteiger partial charge < -0.3 is 14.6 Å². The second-order valence-electron chi connectivity index (χ2n) is 5.02. The third-order valence-electron chi connectivity index (χ3n) is 3.36. The van der Waals surface area contributed by atoms with E-state index in [9.17, 15) is 9.90 Å². The molecular weight excluding hydrogens is 246 g/mol. The van der Waals surface area contributed by atoms with Gasteiger partial charge in [-0.25, -0.2) is 0 Å². The van der Waals surface area contributed by atoms with Gasteiger partial charge in [-0.05, 0) is 26.0 Å². The summed E-state index contributed by atoms with van der Waals surface area (Å²) in [5.41, 5.74) is 0.201. The Balaban J connectivity index is 2.16. The van der Waals surface area contributed by atoms with Gasteiger partial charge in [0.2, 0.25) is 6.79 Å². The van der Waals surface area contributed by atoms with Crippen LogP contribution in [-0.2, 0) is 10.2 Å². The average Bonchev–Trinajstić information content (AvgIpc) is 2.82. The third kappa shape index (κ3) is 1.78. The minimum absolute atomic E-state index is 0.207. The minimum Gasteiger partial charge on any atom is -0.481 e. The summed E-state index contributed by atoms with van der Waals surface area (Å²) < 4.78 is 10.6. The molecular formula is C14H13NO4. The van der Waals surface area contributed by atoms with Gasteiger partial charge in [0.1, 0.15) is 5.41 Å². The Hall–Kier alpha value is -2.30. The first kappa shape index (κ1) is 11.8. The first-order valence-corrected chi connectivity index (χ1v) is 5.93. The first-order valence-electron chi connectivity index (χ1n) is 5.93. The number of benzene rings is 1. The summed E-state index contributed by atoms with van der Waals surface area (Å²) in [6, 6.07) is 7.21. The number of aromatic nitrogens is 1. The van der Waals surface area contributed by atoms with E-state index < -0.39 is 11.4 Å². The summed E-state index contributed by atoms with van der Waals surface area (Å²) in [4.78, 5) is 15.7. The summed E-state index contributed by atoms with van der Waals surface area (Å²) in [6.07, 6.45) is 0. The maximum Gasteiger partial charge on any atom is 0.315 e. The van der Waals surface area contributed by atoms with Crippen molar-refractivity contribution in [1.82, 2.24) is 4.98 Å². The number of ether oxygens (including phenoxy) is 2. The minimum atomic E-state index is -1.02. The van der Waals surface area contributed by atoms with Crippen LogP contribution in [0, 0.1) is 0 Å². The topological polar surface area (TPSA) is 68.7 Å².